The van der Waals surface area contributed by atoms with Gasteiger partial charge in [0.2, 0.25) is 0 Å². The van der Waals surface area contributed by atoms with Crippen molar-refractivity contribution in [3.63, 3.8) is 0 Å². The fraction of sp³-hybridized carbons (Fsp3) is 1.00. The molecule has 2 atom stereocenters. The van der Waals surface area contributed by atoms with Gasteiger partial charge in [-0.15, -0.1) is 0 Å². The molecule has 0 fully saturated rings. The Hall–Kier alpha value is -0.0400. The van der Waals surface area contributed by atoms with E-state index in [1.807, 2.05) is 0 Å². The van der Waals surface area contributed by atoms with E-state index in [1.54, 1.807) is 0 Å². The molecule has 0 unspecified atom stereocenters. The van der Waals surface area contributed by atoms with Crippen LogP contribution >= 0.6 is 0 Å². The van der Waals surface area contributed by atoms with Gasteiger partial charge in [-0.3, -0.25) is 0 Å². The zero-order chi connectivity index (χ0) is 8.15. The van der Waals surface area contributed by atoms with Crippen molar-refractivity contribution in [2.24, 2.45) is 17.6 Å². The molecular weight excluding hydrogens is 122 g/mol. The monoisotopic (exact) mass is 143 g/mol. The van der Waals surface area contributed by atoms with E-state index >= 15 is 0 Å². The molecule has 0 saturated carbocycles. The third-order valence-electron chi connectivity index (χ3n) is 2.17. The van der Waals surface area contributed by atoms with Crippen molar-refractivity contribution in [3.05, 3.63) is 0 Å². The van der Waals surface area contributed by atoms with Crippen LogP contribution in [-0.4, -0.2) is 6.04 Å². The fourth-order valence-electron chi connectivity index (χ4n) is 1.30. The number of nitrogens with two attached hydrogens (primary N) is 1. The minimum atomic E-state index is 0.389. The molecule has 1 nitrogen and oxygen atoms in total. The van der Waals surface area contributed by atoms with Crippen LogP contribution in [0.3, 0.4) is 0 Å². The van der Waals surface area contributed by atoms with E-state index < -0.39 is 0 Å². The molecule has 0 aromatic carbocycles. The molecule has 0 aromatic heterocycles. The summed E-state index contributed by atoms with van der Waals surface area (Å²) >= 11 is 0. The summed E-state index contributed by atoms with van der Waals surface area (Å²) in [6.45, 7) is 8.84. The van der Waals surface area contributed by atoms with Crippen LogP contribution in [0, 0.1) is 11.8 Å². The van der Waals surface area contributed by atoms with Gasteiger partial charge in [-0.05, 0) is 18.3 Å². The second kappa shape index (κ2) is 4.73. The first-order valence-corrected chi connectivity index (χ1v) is 4.35. The minimum Gasteiger partial charge on any atom is -0.327 e. The Morgan fingerprint density at radius 1 is 1.20 bits per heavy atom. The maximum atomic E-state index is 5.95. The summed E-state index contributed by atoms with van der Waals surface area (Å²) in [5, 5.41) is 0. The highest BCUT2D eigenvalue weighted by atomic mass is 14.7. The van der Waals surface area contributed by atoms with E-state index in [-0.39, 0.29) is 0 Å². The summed E-state index contributed by atoms with van der Waals surface area (Å²) in [6.07, 6.45) is 2.51. The Kier molecular flexibility index (Phi) is 4.71. The molecule has 2 N–H and O–H groups in total. The molecule has 0 heterocycles. The minimum absolute atomic E-state index is 0.389. The summed E-state index contributed by atoms with van der Waals surface area (Å²) < 4.78 is 0. The molecule has 1 heteroatoms. The van der Waals surface area contributed by atoms with Crippen molar-refractivity contribution in [1.29, 1.82) is 0 Å². The lowest BCUT2D eigenvalue weighted by Crippen LogP contribution is -2.33. The molecule has 0 amide bonds. The van der Waals surface area contributed by atoms with Gasteiger partial charge in [0.1, 0.15) is 0 Å². The Bertz CT molecular complexity index is 78.8. The maximum Gasteiger partial charge on any atom is 0.00877 e. The molecule has 0 aromatic rings. The molecule has 62 valence electrons. The van der Waals surface area contributed by atoms with Crippen molar-refractivity contribution in [3.8, 4) is 0 Å². The van der Waals surface area contributed by atoms with E-state index in [2.05, 4.69) is 27.7 Å². The van der Waals surface area contributed by atoms with E-state index in [9.17, 15) is 0 Å². The summed E-state index contributed by atoms with van der Waals surface area (Å²) in [7, 11) is 0. The Labute approximate surface area is 65.0 Å². The predicted octanol–water partition coefficient (Wildman–Crippen LogP) is 2.41. The van der Waals surface area contributed by atoms with Crippen LogP contribution in [0.25, 0.3) is 0 Å². The van der Waals surface area contributed by atoms with E-state index in [0.29, 0.717) is 17.9 Å². The van der Waals surface area contributed by atoms with Crippen molar-refractivity contribution in [2.45, 2.75) is 46.6 Å². The van der Waals surface area contributed by atoms with Gasteiger partial charge in [-0.2, -0.15) is 0 Å². The fourth-order valence-corrected chi connectivity index (χ4v) is 1.30. The highest BCUT2D eigenvalue weighted by Gasteiger charge is 2.14. The van der Waals surface area contributed by atoms with Crippen LogP contribution in [0.2, 0.25) is 0 Å². The van der Waals surface area contributed by atoms with Gasteiger partial charge in [0, 0.05) is 6.04 Å². The molecule has 10 heavy (non-hydrogen) atoms. The van der Waals surface area contributed by atoms with Crippen LogP contribution in [0.15, 0.2) is 0 Å². The smallest absolute Gasteiger partial charge is 0.00877 e. The van der Waals surface area contributed by atoms with E-state index in [0.717, 1.165) is 0 Å². The third-order valence-corrected chi connectivity index (χ3v) is 2.17. The van der Waals surface area contributed by atoms with Crippen molar-refractivity contribution >= 4 is 0 Å². The zero-order valence-electron chi connectivity index (χ0n) is 7.72. The van der Waals surface area contributed by atoms with Gasteiger partial charge >= 0.3 is 0 Å². The maximum absolute atomic E-state index is 5.95. The normalized spacial score (nSPS) is 17.4. The zero-order valence-corrected chi connectivity index (χ0v) is 7.72. The number of hydrogen-bond acceptors (Lipinski definition) is 1. The molecule has 0 aliphatic heterocycles. The van der Waals surface area contributed by atoms with Crippen LogP contribution in [0.4, 0.5) is 0 Å². The summed E-state index contributed by atoms with van der Waals surface area (Å²) in [6, 6.07) is 0.389. The summed E-state index contributed by atoms with van der Waals surface area (Å²) in [4.78, 5) is 0. The van der Waals surface area contributed by atoms with Crippen LogP contribution in [-0.2, 0) is 0 Å². The van der Waals surface area contributed by atoms with Gasteiger partial charge in [0.25, 0.3) is 0 Å². The second-order valence-electron chi connectivity index (χ2n) is 3.59. The molecular formula is C9H21N. The molecule has 0 rings (SSSR count). The highest BCUT2D eigenvalue weighted by molar-refractivity contribution is 4.71. The number of hydrogen-bond donors (Lipinski definition) is 1. The molecule has 0 aliphatic rings. The molecule has 0 aliphatic carbocycles. The van der Waals surface area contributed by atoms with Crippen LogP contribution in [0.5, 0.6) is 0 Å². The Morgan fingerprint density at radius 3 is 2.00 bits per heavy atom. The van der Waals surface area contributed by atoms with E-state index in [1.165, 1.54) is 12.8 Å². The topological polar surface area (TPSA) is 26.0 Å². The van der Waals surface area contributed by atoms with Crippen molar-refractivity contribution < 1.29 is 0 Å². The first kappa shape index (κ1) is 9.96. The van der Waals surface area contributed by atoms with Crippen molar-refractivity contribution in [2.75, 3.05) is 0 Å². The average molecular weight is 143 g/mol. The van der Waals surface area contributed by atoms with Crippen molar-refractivity contribution in [1.82, 2.24) is 0 Å². The largest absolute Gasteiger partial charge is 0.327 e. The third kappa shape index (κ3) is 3.21. The van der Waals surface area contributed by atoms with Gasteiger partial charge < -0.3 is 5.73 Å². The highest BCUT2D eigenvalue weighted by Crippen LogP contribution is 2.14. The summed E-state index contributed by atoms with van der Waals surface area (Å²) in [5.41, 5.74) is 5.95. The van der Waals surface area contributed by atoms with Crippen LogP contribution in [0.1, 0.15) is 40.5 Å². The standard InChI is InChI=1S/C9H21N/c1-5-6-8(4)9(10)7(2)3/h7-9H,5-6,10H2,1-4H3/t8-,9+/m1/s1. The molecule has 0 spiro atoms. The first-order chi connectivity index (χ1) is 4.59. The molecule has 0 saturated heterocycles. The van der Waals surface area contributed by atoms with E-state index in [4.69, 9.17) is 5.73 Å². The lowest BCUT2D eigenvalue weighted by molar-refractivity contribution is 0.344. The second-order valence-corrected chi connectivity index (χ2v) is 3.59. The summed E-state index contributed by atoms with van der Waals surface area (Å²) in [5.74, 6) is 1.31. The first-order valence-electron chi connectivity index (χ1n) is 4.35. The lowest BCUT2D eigenvalue weighted by Gasteiger charge is -2.22. The van der Waals surface area contributed by atoms with Gasteiger partial charge in [0.05, 0.1) is 0 Å². The SMILES string of the molecule is CCC[C@@H](C)[C@@H](N)C(C)C. The molecule has 0 bridgehead atoms. The van der Waals surface area contributed by atoms with Gasteiger partial charge in [-0.25, -0.2) is 0 Å². The Balaban J connectivity index is 3.58. The predicted molar refractivity (Wildman–Crippen MR) is 46.9 cm³/mol. The number of rotatable bonds is 4. The van der Waals surface area contributed by atoms with Crippen LogP contribution < -0.4 is 5.73 Å². The molecule has 0 radical (unpaired) electrons. The quantitative estimate of drug-likeness (QED) is 0.642. The average Bonchev–Trinajstić information content (AvgIpc) is 1.87. The Morgan fingerprint density at radius 2 is 1.70 bits per heavy atom. The lowest BCUT2D eigenvalue weighted by atomic mass is 9.90. The van der Waals surface area contributed by atoms with Gasteiger partial charge in [-0.1, -0.05) is 34.1 Å². The van der Waals surface area contributed by atoms with Gasteiger partial charge in [0.15, 0.2) is 0 Å².